The molecule has 3 aromatic rings. The Morgan fingerprint density at radius 1 is 1.00 bits per heavy atom. The second-order valence-electron chi connectivity index (χ2n) is 4.84. The van der Waals surface area contributed by atoms with Gasteiger partial charge < -0.3 is 4.74 Å². The number of carbonyl (C=O) groups is 1. The zero-order valence-electron chi connectivity index (χ0n) is 12.2. The van der Waals surface area contributed by atoms with E-state index in [2.05, 4.69) is 10.5 Å². The minimum absolute atomic E-state index is 0.224. The van der Waals surface area contributed by atoms with Gasteiger partial charge in [-0.1, -0.05) is 18.2 Å². The largest absolute Gasteiger partial charge is 0.497 e. The molecular weight excluding hydrogens is 296 g/mol. The van der Waals surface area contributed by atoms with Gasteiger partial charge in [0.1, 0.15) is 5.75 Å². The second kappa shape index (κ2) is 5.84. The molecule has 0 fully saturated rings. The molecule has 0 radical (unpaired) electrons. The highest BCUT2D eigenvalue weighted by atomic mass is 16.5. The summed E-state index contributed by atoms with van der Waals surface area (Å²) < 4.78 is 5.04. The molecule has 0 saturated carbocycles. The van der Waals surface area contributed by atoms with Crippen LogP contribution in [0.1, 0.15) is 10.4 Å². The Labute approximate surface area is 130 Å². The highest BCUT2D eigenvalue weighted by Crippen LogP contribution is 2.14. The molecule has 0 saturated heterocycles. The molecule has 23 heavy (non-hydrogen) atoms. The molecule has 0 bridgehead atoms. The molecule has 0 unspecified atom stereocenters. The van der Waals surface area contributed by atoms with Crippen molar-refractivity contribution < 1.29 is 9.53 Å². The Bertz CT molecular complexity index is 1030. The van der Waals surface area contributed by atoms with E-state index in [1.54, 1.807) is 36.4 Å². The van der Waals surface area contributed by atoms with Crippen molar-refractivity contribution in [2.24, 2.45) is 5.10 Å². The SMILES string of the molecule is COc1ccc2c(=O)c(=NNC(=O)c3ccccc3)c(=O)c2c1. The zero-order chi connectivity index (χ0) is 16.4. The summed E-state index contributed by atoms with van der Waals surface area (Å²) in [5.41, 5.74) is 1.58. The highest BCUT2D eigenvalue weighted by Gasteiger charge is 2.12. The Morgan fingerprint density at radius 3 is 2.39 bits per heavy atom. The Kier molecular flexibility index (Phi) is 3.72. The number of methoxy groups -OCH3 is 1. The Morgan fingerprint density at radius 2 is 1.70 bits per heavy atom. The maximum atomic E-state index is 12.3. The van der Waals surface area contributed by atoms with Crippen LogP contribution in [0.5, 0.6) is 5.75 Å². The summed E-state index contributed by atoms with van der Waals surface area (Å²) in [7, 11) is 1.47. The van der Waals surface area contributed by atoms with Crippen molar-refractivity contribution in [2.45, 2.75) is 0 Å². The first-order chi connectivity index (χ1) is 11.1. The van der Waals surface area contributed by atoms with Crippen LogP contribution in [0.25, 0.3) is 10.8 Å². The lowest BCUT2D eigenvalue weighted by atomic mass is 10.2. The second-order valence-corrected chi connectivity index (χ2v) is 4.84. The first-order valence-electron chi connectivity index (χ1n) is 6.82. The molecule has 1 N–H and O–H groups in total. The van der Waals surface area contributed by atoms with Gasteiger partial charge in [-0.05, 0) is 30.3 Å². The molecule has 6 heteroatoms. The van der Waals surface area contributed by atoms with Crippen LogP contribution in [0.15, 0.2) is 63.2 Å². The number of carbonyl (C=O) groups excluding carboxylic acids is 1. The van der Waals surface area contributed by atoms with E-state index in [0.717, 1.165) is 0 Å². The van der Waals surface area contributed by atoms with Gasteiger partial charge in [-0.15, -0.1) is 0 Å². The summed E-state index contributed by atoms with van der Waals surface area (Å²) in [5, 5.41) is 3.88. The molecule has 0 spiro atoms. The fourth-order valence-electron chi connectivity index (χ4n) is 2.26. The number of fused-ring (bicyclic) bond motifs is 1. The van der Waals surface area contributed by atoms with Gasteiger partial charge in [-0.2, -0.15) is 5.10 Å². The van der Waals surface area contributed by atoms with Gasteiger partial charge in [0.25, 0.3) is 5.91 Å². The number of amides is 1. The number of nitrogens with one attached hydrogen (secondary N) is 1. The van der Waals surface area contributed by atoms with Crippen molar-refractivity contribution in [3.63, 3.8) is 0 Å². The third kappa shape index (κ3) is 2.62. The molecule has 114 valence electrons. The van der Waals surface area contributed by atoms with E-state index in [9.17, 15) is 14.4 Å². The fourth-order valence-corrected chi connectivity index (χ4v) is 2.26. The van der Waals surface area contributed by atoms with Crippen LogP contribution in [0.3, 0.4) is 0 Å². The molecule has 6 nitrogen and oxygen atoms in total. The standard InChI is InChI=1S/C17H12N2O4/c1-23-11-7-8-12-13(9-11)16(21)14(15(12)20)18-19-17(22)10-5-3-2-4-6-10/h2-9H,1H3,(H,19,22). The Balaban J connectivity index is 2.05. The van der Waals surface area contributed by atoms with Gasteiger partial charge in [0.2, 0.25) is 10.9 Å². The van der Waals surface area contributed by atoms with Crippen molar-refractivity contribution in [2.75, 3.05) is 7.11 Å². The summed E-state index contributed by atoms with van der Waals surface area (Å²) in [5.74, 6) is -0.0216. The summed E-state index contributed by atoms with van der Waals surface area (Å²) in [6.45, 7) is 0. The number of ether oxygens (including phenoxy) is 1. The zero-order valence-corrected chi connectivity index (χ0v) is 12.2. The van der Waals surface area contributed by atoms with Crippen LogP contribution in [-0.2, 0) is 0 Å². The minimum atomic E-state index is -0.530. The molecule has 0 aliphatic carbocycles. The van der Waals surface area contributed by atoms with Crippen molar-refractivity contribution >= 4 is 16.7 Å². The summed E-state index contributed by atoms with van der Waals surface area (Å²) in [4.78, 5) is 36.4. The molecular formula is C17H12N2O4. The van der Waals surface area contributed by atoms with Crippen LogP contribution < -0.4 is 26.4 Å². The van der Waals surface area contributed by atoms with Gasteiger partial charge in [0.05, 0.1) is 7.11 Å². The van der Waals surface area contributed by atoms with Gasteiger partial charge in [-0.3, -0.25) is 14.4 Å². The quantitative estimate of drug-likeness (QED) is 0.721. The van der Waals surface area contributed by atoms with Gasteiger partial charge >= 0.3 is 0 Å². The summed E-state index contributed by atoms with van der Waals surface area (Å²) in [6.07, 6.45) is 0. The lowest BCUT2D eigenvalue weighted by molar-refractivity contribution is 0.0953. The predicted octanol–water partition coefficient (Wildman–Crippen LogP) is 0.690. The summed E-state index contributed by atoms with van der Waals surface area (Å²) in [6, 6.07) is 13.0. The third-order valence-corrected chi connectivity index (χ3v) is 3.45. The van der Waals surface area contributed by atoms with Crippen LogP contribution in [0, 0.1) is 0 Å². The van der Waals surface area contributed by atoms with Crippen LogP contribution in [-0.4, -0.2) is 13.0 Å². The van der Waals surface area contributed by atoms with E-state index in [1.165, 1.54) is 19.2 Å². The highest BCUT2D eigenvalue weighted by molar-refractivity contribution is 5.93. The molecule has 0 aliphatic rings. The number of hydrogen-bond donors (Lipinski definition) is 1. The lowest BCUT2D eigenvalue weighted by Crippen LogP contribution is -2.35. The van der Waals surface area contributed by atoms with E-state index in [1.807, 2.05) is 0 Å². The maximum absolute atomic E-state index is 12.3. The van der Waals surface area contributed by atoms with Crippen LogP contribution in [0.4, 0.5) is 0 Å². The number of rotatable bonds is 3. The molecule has 0 heterocycles. The van der Waals surface area contributed by atoms with Crippen molar-refractivity contribution in [3.8, 4) is 5.75 Å². The average molecular weight is 308 g/mol. The van der Waals surface area contributed by atoms with Gasteiger partial charge in [0.15, 0.2) is 5.36 Å². The molecule has 3 aromatic carbocycles. The number of nitrogens with zero attached hydrogens (tertiary/aromatic N) is 1. The topological polar surface area (TPSA) is 84.8 Å². The normalized spacial score (nSPS) is 11.6. The van der Waals surface area contributed by atoms with E-state index in [0.29, 0.717) is 11.3 Å². The molecule has 0 atom stereocenters. The molecule has 1 amide bonds. The van der Waals surface area contributed by atoms with Crippen LogP contribution >= 0.6 is 0 Å². The van der Waals surface area contributed by atoms with Crippen molar-refractivity contribution in [3.05, 3.63) is 79.9 Å². The van der Waals surface area contributed by atoms with Crippen molar-refractivity contribution in [1.29, 1.82) is 0 Å². The monoisotopic (exact) mass is 308 g/mol. The van der Waals surface area contributed by atoms with E-state index < -0.39 is 16.8 Å². The van der Waals surface area contributed by atoms with Crippen LogP contribution in [0.2, 0.25) is 0 Å². The lowest BCUT2D eigenvalue weighted by Gasteiger charge is -1.97. The summed E-state index contributed by atoms with van der Waals surface area (Å²) >= 11 is 0. The number of benzene rings is 2. The number of hydrogen-bond acceptors (Lipinski definition) is 5. The molecule has 0 aromatic heterocycles. The smallest absolute Gasteiger partial charge is 0.271 e. The predicted molar refractivity (Wildman–Crippen MR) is 84.9 cm³/mol. The molecule has 3 rings (SSSR count). The Hall–Kier alpha value is -3.28. The first-order valence-corrected chi connectivity index (χ1v) is 6.82. The maximum Gasteiger partial charge on any atom is 0.271 e. The van der Waals surface area contributed by atoms with Gasteiger partial charge in [-0.25, -0.2) is 5.43 Å². The molecule has 0 aliphatic heterocycles. The van der Waals surface area contributed by atoms with Gasteiger partial charge in [0, 0.05) is 16.3 Å². The average Bonchev–Trinajstić information content (AvgIpc) is 2.84. The van der Waals surface area contributed by atoms with E-state index in [-0.39, 0.29) is 16.1 Å². The first kappa shape index (κ1) is 14.6. The third-order valence-electron chi connectivity index (χ3n) is 3.45. The fraction of sp³-hybridized carbons (Fsp3) is 0.0588. The minimum Gasteiger partial charge on any atom is -0.497 e. The van der Waals surface area contributed by atoms with E-state index in [4.69, 9.17) is 4.74 Å². The van der Waals surface area contributed by atoms with Crippen molar-refractivity contribution in [1.82, 2.24) is 5.43 Å². The van der Waals surface area contributed by atoms with E-state index >= 15 is 0 Å².